The van der Waals surface area contributed by atoms with Crippen LogP contribution in [-0.4, -0.2) is 74.1 Å². The van der Waals surface area contributed by atoms with Gasteiger partial charge in [-0.3, -0.25) is 9.69 Å². The lowest BCUT2D eigenvalue weighted by atomic mass is 10.00. The fraction of sp³-hybridized carbons (Fsp3) is 0.714. The number of carbonyl (C=O) groups is 1. The predicted molar refractivity (Wildman–Crippen MR) is 82.0 cm³/mol. The molecule has 3 heterocycles. The molecule has 6 nitrogen and oxygen atoms in total. The summed E-state index contributed by atoms with van der Waals surface area (Å²) >= 11 is 1.65. The molecule has 1 amide bonds. The van der Waals surface area contributed by atoms with Crippen LogP contribution in [0.5, 0.6) is 0 Å². The molecule has 7 heteroatoms. The van der Waals surface area contributed by atoms with Gasteiger partial charge in [-0.2, -0.15) is 11.8 Å². The highest BCUT2D eigenvalue weighted by Gasteiger charge is 2.44. The molecule has 116 valence electrons. The Kier molecular flexibility index (Phi) is 4.24. The number of piperazine rings is 1. The monoisotopic (exact) mass is 310 g/mol. The van der Waals surface area contributed by atoms with Gasteiger partial charge in [-0.15, -0.1) is 0 Å². The lowest BCUT2D eigenvalue weighted by molar-refractivity contribution is -0.152. The second kappa shape index (κ2) is 5.98. The summed E-state index contributed by atoms with van der Waals surface area (Å²) in [4.78, 5) is 24.3. The highest BCUT2D eigenvalue weighted by Crippen LogP contribution is 2.31. The molecule has 0 aromatic carbocycles. The van der Waals surface area contributed by atoms with Crippen LogP contribution in [0.4, 0.5) is 0 Å². The Morgan fingerprint density at radius 2 is 2.48 bits per heavy atom. The van der Waals surface area contributed by atoms with E-state index in [-0.39, 0.29) is 11.9 Å². The number of likely N-dealkylation sites (N-methyl/N-ethyl adjacent to an activating group) is 1. The van der Waals surface area contributed by atoms with Crippen molar-refractivity contribution in [2.45, 2.75) is 25.0 Å². The number of imidazole rings is 1. The number of H-pyrrole nitrogens is 1. The van der Waals surface area contributed by atoms with Crippen molar-refractivity contribution in [2.24, 2.45) is 0 Å². The third-order valence-electron chi connectivity index (χ3n) is 4.42. The van der Waals surface area contributed by atoms with Crippen molar-refractivity contribution < 1.29 is 9.90 Å². The Hall–Kier alpha value is -1.05. The number of rotatable bonds is 3. The maximum absolute atomic E-state index is 12.6. The van der Waals surface area contributed by atoms with Gasteiger partial charge in [-0.25, -0.2) is 4.98 Å². The van der Waals surface area contributed by atoms with E-state index in [1.54, 1.807) is 18.0 Å². The molecule has 21 heavy (non-hydrogen) atoms. The molecule has 1 aromatic rings. The van der Waals surface area contributed by atoms with Crippen molar-refractivity contribution in [1.82, 2.24) is 19.8 Å². The van der Waals surface area contributed by atoms with Crippen LogP contribution in [0.1, 0.15) is 25.2 Å². The van der Waals surface area contributed by atoms with E-state index in [2.05, 4.69) is 21.8 Å². The zero-order chi connectivity index (χ0) is 14.9. The van der Waals surface area contributed by atoms with Gasteiger partial charge in [0.05, 0.1) is 6.04 Å². The molecule has 2 atom stereocenters. The van der Waals surface area contributed by atoms with Crippen LogP contribution in [0, 0.1) is 0 Å². The SMILES string of the molecule is CCN1CCN(C(=O)C2(O)CCSC2)CC1c1ncc[nH]1. The largest absolute Gasteiger partial charge is 0.379 e. The van der Waals surface area contributed by atoms with E-state index in [1.807, 2.05) is 11.1 Å². The van der Waals surface area contributed by atoms with E-state index in [4.69, 9.17) is 0 Å². The Labute approximate surface area is 128 Å². The molecule has 1 aromatic heterocycles. The number of amides is 1. The summed E-state index contributed by atoms with van der Waals surface area (Å²) in [7, 11) is 0. The Morgan fingerprint density at radius 3 is 3.10 bits per heavy atom. The summed E-state index contributed by atoms with van der Waals surface area (Å²) in [5.41, 5.74) is -1.16. The van der Waals surface area contributed by atoms with Crippen LogP contribution in [0.15, 0.2) is 12.4 Å². The summed E-state index contributed by atoms with van der Waals surface area (Å²) in [6.07, 6.45) is 4.12. The van der Waals surface area contributed by atoms with Crippen LogP contribution in [0.25, 0.3) is 0 Å². The van der Waals surface area contributed by atoms with Gasteiger partial charge in [-0.1, -0.05) is 6.92 Å². The maximum atomic E-state index is 12.6. The molecule has 2 unspecified atom stereocenters. The van der Waals surface area contributed by atoms with E-state index in [1.165, 1.54) is 0 Å². The Morgan fingerprint density at radius 1 is 1.62 bits per heavy atom. The van der Waals surface area contributed by atoms with Crippen molar-refractivity contribution in [3.05, 3.63) is 18.2 Å². The highest BCUT2D eigenvalue weighted by molar-refractivity contribution is 7.99. The number of nitrogens with zero attached hydrogens (tertiary/aromatic N) is 3. The van der Waals surface area contributed by atoms with Gasteiger partial charge in [0, 0.05) is 37.8 Å². The summed E-state index contributed by atoms with van der Waals surface area (Å²) in [5, 5.41) is 10.5. The first-order valence-corrected chi connectivity index (χ1v) is 8.62. The van der Waals surface area contributed by atoms with Gasteiger partial charge in [0.1, 0.15) is 5.82 Å². The molecule has 0 saturated carbocycles. The normalized spacial score (nSPS) is 30.8. The van der Waals surface area contributed by atoms with Crippen molar-refractivity contribution in [3.63, 3.8) is 0 Å². The molecule has 2 fully saturated rings. The summed E-state index contributed by atoms with van der Waals surface area (Å²) in [5.74, 6) is 2.16. The molecule has 0 radical (unpaired) electrons. The minimum absolute atomic E-state index is 0.0837. The first kappa shape index (κ1) is 14.9. The first-order chi connectivity index (χ1) is 10.1. The van der Waals surface area contributed by atoms with Gasteiger partial charge in [0.2, 0.25) is 0 Å². The molecule has 3 rings (SSSR count). The summed E-state index contributed by atoms with van der Waals surface area (Å²) < 4.78 is 0. The summed E-state index contributed by atoms with van der Waals surface area (Å²) in [6.45, 7) is 5.13. The van der Waals surface area contributed by atoms with Gasteiger partial charge in [-0.05, 0) is 18.7 Å². The Balaban J connectivity index is 1.75. The van der Waals surface area contributed by atoms with E-state index in [0.717, 1.165) is 24.7 Å². The lowest BCUT2D eigenvalue weighted by Crippen LogP contribution is -2.56. The number of hydrogen-bond donors (Lipinski definition) is 2. The van der Waals surface area contributed by atoms with Crippen molar-refractivity contribution in [3.8, 4) is 0 Å². The standard InChI is InChI=1S/C14H22N4O2S/c1-2-17-6-7-18(9-11(17)12-15-4-5-16-12)13(19)14(20)3-8-21-10-14/h4-5,11,20H,2-3,6-10H2,1H3,(H,15,16). The molecular weight excluding hydrogens is 288 g/mol. The molecule has 2 aliphatic rings. The van der Waals surface area contributed by atoms with Crippen molar-refractivity contribution >= 4 is 17.7 Å². The number of hydrogen-bond acceptors (Lipinski definition) is 5. The third-order valence-corrected chi connectivity index (χ3v) is 5.59. The van der Waals surface area contributed by atoms with Crippen LogP contribution in [0.3, 0.4) is 0 Å². The second-order valence-corrected chi connectivity index (χ2v) is 6.81. The van der Waals surface area contributed by atoms with Crippen LogP contribution >= 0.6 is 11.8 Å². The number of aromatic nitrogens is 2. The molecule has 2 N–H and O–H groups in total. The van der Waals surface area contributed by atoms with E-state index < -0.39 is 5.60 Å². The van der Waals surface area contributed by atoms with Gasteiger partial charge in [0.15, 0.2) is 5.60 Å². The topological polar surface area (TPSA) is 72.5 Å². The average Bonchev–Trinajstić information content (AvgIpc) is 3.18. The van der Waals surface area contributed by atoms with Crippen molar-refractivity contribution in [2.75, 3.05) is 37.7 Å². The average molecular weight is 310 g/mol. The smallest absolute Gasteiger partial charge is 0.255 e. The van der Waals surface area contributed by atoms with Gasteiger partial charge >= 0.3 is 0 Å². The fourth-order valence-electron chi connectivity index (χ4n) is 3.12. The number of carbonyl (C=O) groups excluding carboxylic acids is 1. The molecule has 2 aliphatic heterocycles. The van der Waals surface area contributed by atoms with Crippen molar-refractivity contribution in [1.29, 1.82) is 0 Å². The van der Waals surface area contributed by atoms with Crippen LogP contribution in [0.2, 0.25) is 0 Å². The van der Waals surface area contributed by atoms with Gasteiger partial charge < -0.3 is 15.0 Å². The van der Waals surface area contributed by atoms with Crippen LogP contribution in [-0.2, 0) is 4.79 Å². The maximum Gasteiger partial charge on any atom is 0.255 e. The minimum atomic E-state index is -1.16. The zero-order valence-corrected chi connectivity index (χ0v) is 13.1. The molecule has 0 spiro atoms. The zero-order valence-electron chi connectivity index (χ0n) is 12.3. The van der Waals surface area contributed by atoms with E-state index in [9.17, 15) is 9.90 Å². The lowest BCUT2D eigenvalue weighted by Gasteiger charge is -2.42. The van der Waals surface area contributed by atoms with Crippen LogP contribution < -0.4 is 0 Å². The minimum Gasteiger partial charge on any atom is -0.379 e. The number of thioether (sulfide) groups is 1. The molecular formula is C14H22N4O2S. The van der Waals surface area contributed by atoms with E-state index in [0.29, 0.717) is 25.3 Å². The summed E-state index contributed by atoms with van der Waals surface area (Å²) in [6, 6.07) is 0.0837. The molecule has 0 aliphatic carbocycles. The van der Waals surface area contributed by atoms with E-state index >= 15 is 0 Å². The number of nitrogens with one attached hydrogen (secondary N) is 1. The molecule has 2 saturated heterocycles. The highest BCUT2D eigenvalue weighted by atomic mass is 32.2. The number of aromatic amines is 1. The number of aliphatic hydroxyl groups is 1. The molecule has 0 bridgehead atoms. The first-order valence-electron chi connectivity index (χ1n) is 7.47. The Bertz CT molecular complexity index is 487. The quantitative estimate of drug-likeness (QED) is 0.850. The van der Waals surface area contributed by atoms with Gasteiger partial charge in [0.25, 0.3) is 5.91 Å². The third kappa shape index (κ3) is 2.82. The fourth-order valence-corrected chi connectivity index (χ4v) is 4.35. The predicted octanol–water partition coefficient (Wildman–Crippen LogP) is 0.483. The second-order valence-electron chi connectivity index (χ2n) is 5.70.